The molecule has 152 valence electrons. The normalized spacial score (nSPS) is 12.8. The Kier molecular flexibility index (Phi) is 5.05. The summed E-state index contributed by atoms with van der Waals surface area (Å²) >= 11 is 0. The number of esters is 1. The van der Waals surface area contributed by atoms with E-state index in [1.807, 2.05) is 0 Å². The summed E-state index contributed by atoms with van der Waals surface area (Å²) < 4.78 is 45.1. The fraction of sp³-hybridized carbons (Fsp3) is 0.211. The van der Waals surface area contributed by atoms with Gasteiger partial charge < -0.3 is 15.6 Å². The largest absolute Gasteiger partial charge is 0.465 e. The van der Waals surface area contributed by atoms with E-state index >= 15 is 0 Å². The first-order valence-electron chi connectivity index (χ1n) is 8.34. The molecule has 1 unspecified atom stereocenters. The Morgan fingerprint density at radius 1 is 1.28 bits per heavy atom. The quantitative estimate of drug-likeness (QED) is 0.647. The number of carbonyl (C=O) groups excluding carboxylic acids is 1. The fourth-order valence-electron chi connectivity index (χ4n) is 2.90. The van der Waals surface area contributed by atoms with Crippen LogP contribution < -0.4 is 11.3 Å². The molecule has 7 nitrogen and oxygen atoms in total. The van der Waals surface area contributed by atoms with Crippen molar-refractivity contribution in [3.63, 3.8) is 0 Å². The Hall–Kier alpha value is -3.40. The van der Waals surface area contributed by atoms with Gasteiger partial charge in [0.25, 0.3) is 5.56 Å². The summed E-state index contributed by atoms with van der Waals surface area (Å²) in [7, 11) is 1.05. The molecule has 0 saturated heterocycles. The highest BCUT2D eigenvalue weighted by atomic mass is 19.4. The van der Waals surface area contributed by atoms with E-state index in [1.165, 1.54) is 31.2 Å². The lowest BCUT2D eigenvalue weighted by atomic mass is 10.1. The smallest absolute Gasteiger partial charge is 0.417 e. The van der Waals surface area contributed by atoms with E-state index in [4.69, 9.17) is 5.73 Å². The number of pyridine rings is 2. The number of nitrogens with zero attached hydrogens (tertiary/aromatic N) is 2. The number of halogens is 3. The predicted molar refractivity (Wildman–Crippen MR) is 98.7 cm³/mol. The van der Waals surface area contributed by atoms with E-state index in [9.17, 15) is 27.9 Å². The lowest BCUT2D eigenvalue weighted by Gasteiger charge is -2.16. The van der Waals surface area contributed by atoms with E-state index in [0.717, 1.165) is 17.7 Å². The molecule has 2 heterocycles. The van der Waals surface area contributed by atoms with Crippen molar-refractivity contribution in [2.24, 2.45) is 0 Å². The van der Waals surface area contributed by atoms with Gasteiger partial charge in [-0.05, 0) is 30.7 Å². The molecule has 0 amide bonds. The molecule has 0 fully saturated rings. The molecule has 2 aromatic heterocycles. The molecule has 0 radical (unpaired) electrons. The third kappa shape index (κ3) is 3.54. The number of nitrogen functional groups attached to an aromatic ring is 1. The number of aliphatic hydroxyl groups excluding tert-OH is 1. The number of benzene rings is 1. The summed E-state index contributed by atoms with van der Waals surface area (Å²) in [6.07, 6.45) is -4.91. The number of nitrogens with two attached hydrogens (primary N) is 1. The van der Waals surface area contributed by atoms with Crippen molar-refractivity contribution < 1.29 is 27.8 Å². The lowest BCUT2D eigenvalue weighted by molar-refractivity contribution is -0.137. The van der Waals surface area contributed by atoms with E-state index in [2.05, 4.69) is 9.72 Å². The monoisotopic (exact) mass is 407 g/mol. The first kappa shape index (κ1) is 20.3. The van der Waals surface area contributed by atoms with Gasteiger partial charge in [0.15, 0.2) is 5.56 Å². The van der Waals surface area contributed by atoms with Crippen LogP contribution in [0, 0.1) is 0 Å². The molecule has 3 N–H and O–H groups in total. The van der Waals surface area contributed by atoms with Gasteiger partial charge >= 0.3 is 12.1 Å². The second-order valence-corrected chi connectivity index (χ2v) is 6.28. The number of methoxy groups -OCH3 is 1. The molecule has 0 spiro atoms. The molecule has 3 aromatic rings. The van der Waals surface area contributed by atoms with Crippen LogP contribution in [-0.4, -0.2) is 27.7 Å². The van der Waals surface area contributed by atoms with Crippen LogP contribution in [0.25, 0.3) is 16.7 Å². The van der Waals surface area contributed by atoms with Gasteiger partial charge in [0, 0.05) is 11.9 Å². The molecule has 10 heteroatoms. The summed E-state index contributed by atoms with van der Waals surface area (Å²) in [6.45, 7) is 1.54. The van der Waals surface area contributed by atoms with Gasteiger partial charge in [0.2, 0.25) is 0 Å². The number of carbonyl (C=O) groups is 1. The summed E-state index contributed by atoms with van der Waals surface area (Å²) in [4.78, 5) is 28.8. The van der Waals surface area contributed by atoms with Crippen LogP contribution >= 0.6 is 0 Å². The number of fused-ring (bicyclic) bond motifs is 1. The summed E-state index contributed by atoms with van der Waals surface area (Å²) in [5.41, 5.74) is 3.25. The number of hydrogen-bond acceptors (Lipinski definition) is 6. The second kappa shape index (κ2) is 7.21. The third-order valence-corrected chi connectivity index (χ3v) is 4.40. The molecule has 3 rings (SSSR count). The van der Waals surface area contributed by atoms with Gasteiger partial charge in [-0.15, -0.1) is 0 Å². The standard InChI is InChI=1S/C19H16F3N3O4/c1-9(26)10-3-5-12(6-4-10)25-13-7-11(19(20,21)22)8-24-16(13)15(23)14(17(25)27)18(28)29-2/h3-9,26H,23H2,1-2H3. The number of anilines is 1. The Morgan fingerprint density at radius 3 is 2.41 bits per heavy atom. The number of aromatic nitrogens is 2. The number of aliphatic hydroxyl groups is 1. The van der Waals surface area contributed by atoms with Crippen LogP contribution in [0.2, 0.25) is 0 Å². The van der Waals surface area contributed by atoms with E-state index in [0.29, 0.717) is 11.8 Å². The zero-order valence-electron chi connectivity index (χ0n) is 15.3. The zero-order chi connectivity index (χ0) is 21.5. The van der Waals surface area contributed by atoms with Crippen LogP contribution in [0.4, 0.5) is 18.9 Å². The van der Waals surface area contributed by atoms with Gasteiger partial charge in [0.1, 0.15) is 5.52 Å². The van der Waals surface area contributed by atoms with Gasteiger partial charge in [-0.1, -0.05) is 12.1 Å². The average Bonchev–Trinajstić information content (AvgIpc) is 2.67. The van der Waals surface area contributed by atoms with Crippen LogP contribution in [-0.2, 0) is 10.9 Å². The molecule has 0 aliphatic heterocycles. The van der Waals surface area contributed by atoms with Crippen molar-refractivity contribution in [1.29, 1.82) is 0 Å². The van der Waals surface area contributed by atoms with Crippen molar-refractivity contribution in [2.45, 2.75) is 19.2 Å². The summed E-state index contributed by atoms with van der Waals surface area (Å²) in [5, 5.41) is 9.64. The molecule has 1 aromatic carbocycles. The molecule has 0 aliphatic carbocycles. The third-order valence-electron chi connectivity index (χ3n) is 4.40. The first-order valence-corrected chi connectivity index (χ1v) is 8.34. The second-order valence-electron chi connectivity index (χ2n) is 6.28. The maximum Gasteiger partial charge on any atom is 0.417 e. The number of hydrogen-bond donors (Lipinski definition) is 2. The highest BCUT2D eigenvalue weighted by Crippen LogP contribution is 2.32. The van der Waals surface area contributed by atoms with Crippen LogP contribution in [0.15, 0.2) is 41.3 Å². The Labute approximate surface area is 162 Å². The van der Waals surface area contributed by atoms with E-state index in [1.54, 1.807) is 0 Å². The van der Waals surface area contributed by atoms with E-state index < -0.39 is 34.9 Å². The molecule has 0 bridgehead atoms. The molecule has 29 heavy (non-hydrogen) atoms. The maximum absolute atomic E-state index is 13.2. The Morgan fingerprint density at radius 2 is 1.90 bits per heavy atom. The van der Waals surface area contributed by atoms with Crippen LogP contribution in [0.3, 0.4) is 0 Å². The number of alkyl halides is 3. The number of ether oxygens (including phenoxy) is 1. The Bertz CT molecular complexity index is 1150. The fourth-order valence-corrected chi connectivity index (χ4v) is 2.90. The van der Waals surface area contributed by atoms with Crippen molar-refractivity contribution >= 4 is 22.7 Å². The van der Waals surface area contributed by atoms with Gasteiger partial charge in [0.05, 0.1) is 30.0 Å². The topological polar surface area (TPSA) is 107 Å². The van der Waals surface area contributed by atoms with Crippen molar-refractivity contribution in [3.8, 4) is 5.69 Å². The van der Waals surface area contributed by atoms with Crippen molar-refractivity contribution in [2.75, 3.05) is 12.8 Å². The summed E-state index contributed by atoms with van der Waals surface area (Å²) in [5.74, 6) is -1.04. The molecular formula is C19H16F3N3O4. The van der Waals surface area contributed by atoms with Gasteiger partial charge in [-0.2, -0.15) is 13.2 Å². The predicted octanol–water partition coefficient (Wildman–Crippen LogP) is 2.83. The number of rotatable bonds is 3. The zero-order valence-corrected chi connectivity index (χ0v) is 15.3. The van der Waals surface area contributed by atoms with Crippen molar-refractivity contribution in [3.05, 3.63) is 63.6 Å². The Balaban J connectivity index is 2.44. The van der Waals surface area contributed by atoms with Crippen molar-refractivity contribution in [1.82, 2.24) is 9.55 Å². The van der Waals surface area contributed by atoms with Crippen LogP contribution in [0.5, 0.6) is 0 Å². The molecule has 1 atom stereocenters. The van der Waals surface area contributed by atoms with Crippen LogP contribution in [0.1, 0.15) is 34.5 Å². The average molecular weight is 407 g/mol. The highest BCUT2D eigenvalue weighted by molar-refractivity contribution is 6.03. The lowest BCUT2D eigenvalue weighted by Crippen LogP contribution is -2.28. The van der Waals surface area contributed by atoms with Gasteiger partial charge in [-0.3, -0.25) is 14.3 Å². The molecular weight excluding hydrogens is 391 g/mol. The first-order chi connectivity index (χ1) is 13.6. The van der Waals surface area contributed by atoms with E-state index in [-0.39, 0.29) is 22.4 Å². The minimum absolute atomic E-state index is 0.155. The summed E-state index contributed by atoms with van der Waals surface area (Å²) in [6, 6.07) is 6.62. The highest BCUT2D eigenvalue weighted by Gasteiger charge is 2.32. The molecule has 0 aliphatic rings. The SMILES string of the molecule is COC(=O)c1c(N)c2ncc(C(F)(F)F)cc2n(-c2ccc(C(C)O)cc2)c1=O. The minimum atomic E-state index is -4.70. The maximum atomic E-state index is 13.2. The van der Waals surface area contributed by atoms with Gasteiger partial charge in [-0.25, -0.2) is 4.79 Å². The minimum Gasteiger partial charge on any atom is -0.465 e. The molecule has 0 saturated carbocycles.